The first-order valence-corrected chi connectivity index (χ1v) is 14.6. The summed E-state index contributed by atoms with van der Waals surface area (Å²) in [4.78, 5) is 48.8. The van der Waals surface area contributed by atoms with Gasteiger partial charge in [-0.15, -0.1) is 11.3 Å². The van der Waals surface area contributed by atoms with Crippen molar-refractivity contribution in [2.45, 2.75) is 58.8 Å². The number of aromatic nitrogens is 1. The number of carbonyl (C=O) groups is 3. The van der Waals surface area contributed by atoms with Crippen molar-refractivity contribution in [3.63, 3.8) is 0 Å². The summed E-state index contributed by atoms with van der Waals surface area (Å²) in [5.74, 6) is -1.31. The van der Waals surface area contributed by atoms with Gasteiger partial charge in [-0.3, -0.25) is 14.4 Å². The maximum atomic E-state index is 13.7. The van der Waals surface area contributed by atoms with Gasteiger partial charge in [0.25, 0.3) is 0 Å². The SMILES string of the molecule is Cc1ncsc1-c1ccc(CNC(=O)[C@@H]2C[C@@H](O)CN2C(=O)[C@@H](NC(=O)COCCOCCN=[N+]=[N-])C(C)(C)C)cc1. The van der Waals surface area contributed by atoms with Gasteiger partial charge in [-0.2, -0.15) is 0 Å². The number of azide groups is 1. The molecule has 0 unspecified atom stereocenters. The van der Waals surface area contributed by atoms with E-state index in [1.54, 1.807) is 16.8 Å². The molecule has 228 valence electrons. The lowest BCUT2D eigenvalue weighted by Gasteiger charge is -2.35. The van der Waals surface area contributed by atoms with Crippen LogP contribution in [0.2, 0.25) is 0 Å². The number of rotatable bonds is 14. The molecule has 2 aromatic rings. The van der Waals surface area contributed by atoms with Gasteiger partial charge in [-0.25, -0.2) is 4.98 Å². The minimum Gasteiger partial charge on any atom is -0.391 e. The molecule has 1 aromatic heterocycles. The molecule has 0 saturated carbocycles. The first-order chi connectivity index (χ1) is 20.0. The number of amides is 3. The van der Waals surface area contributed by atoms with Gasteiger partial charge in [0.1, 0.15) is 18.7 Å². The number of nitrogens with zero attached hydrogens (tertiary/aromatic N) is 5. The average molecular weight is 602 g/mol. The van der Waals surface area contributed by atoms with E-state index in [0.29, 0.717) is 0 Å². The number of β-amino-alcohol motifs (C(OH)–C–C–N with tert-alkyl or cyclic N) is 1. The largest absolute Gasteiger partial charge is 0.391 e. The molecule has 3 amide bonds. The highest BCUT2D eigenvalue weighted by Gasteiger charge is 2.44. The number of likely N-dealkylation sites (tertiary alicyclic amines) is 1. The van der Waals surface area contributed by atoms with Crippen molar-refractivity contribution in [2.24, 2.45) is 10.5 Å². The van der Waals surface area contributed by atoms with Crippen molar-refractivity contribution in [1.29, 1.82) is 0 Å². The molecule has 0 spiro atoms. The lowest BCUT2D eigenvalue weighted by molar-refractivity contribution is -0.144. The number of thiazole rings is 1. The molecule has 3 N–H and O–H groups in total. The van der Waals surface area contributed by atoms with Crippen LogP contribution in [0.4, 0.5) is 0 Å². The average Bonchev–Trinajstić information content (AvgIpc) is 3.56. The molecular formula is C28H39N7O6S. The van der Waals surface area contributed by atoms with Crippen LogP contribution in [0.5, 0.6) is 0 Å². The number of aliphatic hydroxyl groups excluding tert-OH is 1. The molecule has 1 aromatic carbocycles. The highest BCUT2D eigenvalue weighted by Crippen LogP contribution is 2.28. The zero-order chi connectivity index (χ0) is 30.7. The van der Waals surface area contributed by atoms with Crippen LogP contribution in [0.1, 0.15) is 38.4 Å². The molecule has 1 aliphatic heterocycles. The van der Waals surface area contributed by atoms with Gasteiger partial charge in [0.2, 0.25) is 17.7 Å². The third-order valence-corrected chi connectivity index (χ3v) is 7.69. The summed E-state index contributed by atoms with van der Waals surface area (Å²) in [7, 11) is 0. The Morgan fingerprint density at radius 3 is 2.57 bits per heavy atom. The van der Waals surface area contributed by atoms with E-state index in [1.807, 2.05) is 52.0 Å². The molecule has 2 heterocycles. The Labute approximate surface area is 249 Å². The van der Waals surface area contributed by atoms with E-state index in [0.717, 1.165) is 21.7 Å². The van der Waals surface area contributed by atoms with Crippen molar-refractivity contribution in [3.05, 3.63) is 51.5 Å². The predicted octanol–water partition coefficient (Wildman–Crippen LogP) is 2.57. The Morgan fingerprint density at radius 2 is 1.93 bits per heavy atom. The van der Waals surface area contributed by atoms with Crippen molar-refractivity contribution >= 4 is 29.1 Å². The van der Waals surface area contributed by atoms with E-state index < -0.39 is 35.4 Å². The Bertz CT molecular complexity index is 1260. The van der Waals surface area contributed by atoms with Gasteiger partial charge in [0.05, 0.1) is 42.0 Å². The smallest absolute Gasteiger partial charge is 0.246 e. The molecule has 1 saturated heterocycles. The standard InChI is InChI=1S/C28H39N7O6S/c1-18-24(42-17-31-18)20-7-5-19(6-8-20)14-30-26(38)22-13-21(36)15-35(22)27(39)25(28(2,3)4)33-23(37)16-41-12-11-40-10-9-32-34-29/h5-8,17,21-22,25,36H,9-16H2,1-4H3,(H,30,38)(H,33,37)/t21-,22+,25-/m1/s1. The first kappa shape index (κ1) is 33.0. The number of hydrogen-bond donors (Lipinski definition) is 3. The van der Waals surface area contributed by atoms with Crippen molar-refractivity contribution < 1.29 is 29.0 Å². The lowest BCUT2D eigenvalue weighted by Crippen LogP contribution is -2.58. The minimum atomic E-state index is -0.947. The number of aryl methyl sites for hydroxylation is 1. The molecule has 0 radical (unpaired) electrons. The molecule has 14 heteroatoms. The van der Waals surface area contributed by atoms with Crippen molar-refractivity contribution in [3.8, 4) is 10.4 Å². The number of hydrogen-bond acceptors (Lipinski definition) is 9. The van der Waals surface area contributed by atoms with Gasteiger partial charge in [0.15, 0.2) is 0 Å². The molecule has 1 fully saturated rings. The second kappa shape index (κ2) is 15.6. The minimum absolute atomic E-state index is 0.00798. The number of aliphatic hydroxyl groups is 1. The van der Waals surface area contributed by atoms with Crippen molar-refractivity contribution in [1.82, 2.24) is 20.5 Å². The normalized spacial score (nSPS) is 17.4. The summed E-state index contributed by atoms with van der Waals surface area (Å²) in [6.07, 6.45) is -0.750. The van der Waals surface area contributed by atoms with Crippen LogP contribution in [-0.4, -0.2) is 90.4 Å². The van der Waals surface area contributed by atoms with E-state index in [2.05, 4.69) is 25.6 Å². The molecule has 42 heavy (non-hydrogen) atoms. The summed E-state index contributed by atoms with van der Waals surface area (Å²) >= 11 is 1.57. The van der Waals surface area contributed by atoms with Gasteiger partial charge < -0.3 is 30.1 Å². The zero-order valence-corrected chi connectivity index (χ0v) is 25.2. The molecule has 1 aliphatic rings. The fraction of sp³-hybridized carbons (Fsp3) is 0.571. The molecule has 3 rings (SSSR count). The van der Waals surface area contributed by atoms with Crippen LogP contribution in [0.15, 0.2) is 34.9 Å². The summed E-state index contributed by atoms with van der Waals surface area (Å²) in [6.45, 7) is 8.19. The highest BCUT2D eigenvalue weighted by atomic mass is 32.1. The van der Waals surface area contributed by atoms with Crippen LogP contribution in [-0.2, 0) is 30.4 Å². The quantitative estimate of drug-likeness (QED) is 0.129. The summed E-state index contributed by atoms with van der Waals surface area (Å²) in [5.41, 5.74) is 12.3. The Balaban J connectivity index is 1.55. The van der Waals surface area contributed by atoms with E-state index >= 15 is 0 Å². The van der Waals surface area contributed by atoms with Crippen molar-refractivity contribution in [2.75, 3.05) is 39.5 Å². The van der Waals surface area contributed by atoms with Crippen LogP contribution in [0.3, 0.4) is 0 Å². The second-order valence-electron chi connectivity index (χ2n) is 11.1. The maximum absolute atomic E-state index is 13.7. The Hall–Kier alpha value is -3.55. The van der Waals surface area contributed by atoms with Gasteiger partial charge in [-0.05, 0) is 29.0 Å². The fourth-order valence-corrected chi connectivity index (χ4v) is 5.33. The Kier molecular flexibility index (Phi) is 12.3. The summed E-state index contributed by atoms with van der Waals surface area (Å²) in [5, 5.41) is 19.4. The number of ether oxygens (including phenoxy) is 2. The van der Waals surface area contributed by atoms with Crippen LogP contribution in [0, 0.1) is 12.3 Å². The molecule has 3 atom stereocenters. The molecular weight excluding hydrogens is 562 g/mol. The summed E-state index contributed by atoms with van der Waals surface area (Å²) < 4.78 is 10.6. The maximum Gasteiger partial charge on any atom is 0.246 e. The van der Waals surface area contributed by atoms with Crippen LogP contribution < -0.4 is 10.6 Å². The lowest BCUT2D eigenvalue weighted by atomic mass is 9.85. The van der Waals surface area contributed by atoms with E-state index in [9.17, 15) is 19.5 Å². The number of nitrogens with one attached hydrogen (secondary N) is 2. The molecule has 0 aliphatic carbocycles. The first-order valence-electron chi connectivity index (χ1n) is 13.7. The second-order valence-corrected chi connectivity index (χ2v) is 11.9. The van der Waals surface area contributed by atoms with Gasteiger partial charge in [0, 0.05) is 31.0 Å². The van der Waals surface area contributed by atoms with Gasteiger partial charge in [-0.1, -0.05) is 50.2 Å². The topological polar surface area (TPSA) is 179 Å². The Morgan fingerprint density at radius 1 is 1.21 bits per heavy atom. The number of benzene rings is 1. The van der Waals surface area contributed by atoms with Crippen LogP contribution in [0.25, 0.3) is 20.9 Å². The monoisotopic (exact) mass is 601 g/mol. The van der Waals surface area contributed by atoms with E-state index in [-0.39, 0.29) is 58.4 Å². The van der Waals surface area contributed by atoms with Crippen LogP contribution >= 0.6 is 11.3 Å². The summed E-state index contributed by atoms with van der Waals surface area (Å²) in [6, 6.07) is 6.02. The predicted molar refractivity (Wildman–Crippen MR) is 157 cm³/mol. The third kappa shape index (κ3) is 9.50. The molecule has 0 bridgehead atoms. The van der Waals surface area contributed by atoms with Gasteiger partial charge >= 0.3 is 0 Å². The number of carbonyl (C=O) groups excluding carboxylic acids is 3. The highest BCUT2D eigenvalue weighted by molar-refractivity contribution is 7.13. The zero-order valence-electron chi connectivity index (χ0n) is 24.4. The van der Waals surface area contributed by atoms with E-state index in [4.69, 9.17) is 15.0 Å². The van der Waals surface area contributed by atoms with E-state index in [1.165, 1.54) is 4.90 Å². The third-order valence-electron chi connectivity index (χ3n) is 6.72. The molecule has 13 nitrogen and oxygen atoms in total. The fourth-order valence-electron chi connectivity index (χ4n) is 4.52.